The number of hydrogen-bond acceptors (Lipinski definition) is 3. The van der Waals surface area contributed by atoms with Crippen LogP contribution in [0.2, 0.25) is 0 Å². The molecule has 0 aromatic heterocycles. The summed E-state index contributed by atoms with van der Waals surface area (Å²) in [6.07, 6.45) is 3.65. The van der Waals surface area contributed by atoms with Crippen LogP contribution in [0.5, 0.6) is 0 Å². The summed E-state index contributed by atoms with van der Waals surface area (Å²) >= 11 is 0. The molecule has 1 amide bonds. The summed E-state index contributed by atoms with van der Waals surface area (Å²) in [4.78, 5) is 14.4. The summed E-state index contributed by atoms with van der Waals surface area (Å²) in [5, 5.41) is 6.76. The summed E-state index contributed by atoms with van der Waals surface area (Å²) in [7, 11) is 0. The monoisotopic (exact) mass is 287 g/mol. The third-order valence-electron chi connectivity index (χ3n) is 4.93. The second-order valence-electron chi connectivity index (χ2n) is 6.51. The van der Waals surface area contributed by atoms with Gasteiger partial charge in [0.15, 0.2) is 0 Å². The normalized spacial score (nSPS) is 25.3. The Morgan fingerprint density at radius 1 is 1.38 bits per heavy atom. The number of carbonyl (C=O) groups is 1. The highest BCUT2D eigenvalue weighted by atomic mass is 16.2. The van der Waals surface area contributed by atoms with Crippen LogP contribution in [-0.2, 0) is 4.79 Å². The van der Waals surface area contributed by atoms with Crippen molar-refractivity contribution in [2.24, 2.45) is 5.41 Å². The maximum Gasteiger partial charge on any atom is 0.241 e. The first-order chi connectivity index (χ1) is 10.2. The molecular formula is C17H25N3O. The Labute approximate surface area is 126 Å². The van der Waals surface area contributed by atoms with Gasteiger partial charge in [-0.25, -0.2) is 0 Å². The minimum atomic E-state index is 0.223. The minimum Gasteiger partial charge on any atom is -0.376 e. The number of anilines is 1. The fourth-order valence-electron chi connectivity index (χ4n) is 3.58. The van der Waals surface area contributed by atoms with Gasteiger partial charge in [-0.1, -0.05) is 18.2 Å². The van der Waals surface area contributed by atoms with E-state index in [1.54, 1.807) is 0 Å². The predicted molar refractivity (Wildman–Crippen MR) is 85.4 cm³/mol. The van der Waals surface area contributed by atoms with E-state index in [2.05, 4.69) is 23.6 Å². The standard InChI is InChI=1S/C17H25N3O/c1-14-5-2-3-6-15(14)19-11-16(21)20-10-8-17(13-20)7-4-9-18-12-17/h2-3,5-6,18-19H,4,7-13H2,1H3/t17-/m0/s1. The van der Waals surface area contributed by atoms with E-state index in [1.165, 1.54) is 18.4 Å². The quantitative estimate of drug-likeness (QED) is 0.894. The van der Waals surface area contributed by atoms with E-state index in [9.17, 15) is 4.79 Å². The molecule has 21 heavy (non-hydrogen) atoms. The van der Waals surface area contributed by atoms with Gasteiger partial charge in [-0.3, -0.25) is 4.79 Å². The smallest absolute Gasteiger partial charge is 0.241 e. The summed E-state index contributed by atoms with van der Waals surface area (Å²) < 4.78 is 0. The highest BCUT2D eigenvalue weighted by Crippen LogP contribution is 2.36. The number of para-hydroxylation sites is 1. The fraction of sp³-hybridized carbons (Fsp3) is 0.588. The molecule has 0 aliphatic carbocycles. The van der Waals surface area contributed by atoms with Crippen molar-refractivity contribution in [3.05, 3.63) is 29.8 Å². The molecule has 2 heterocycles. The number of carbonyl (C=O) groups excluding carboxylic acids is 1. The van der Waals surface area contributed by atoms with Crippen molar-refractivity contribution in [3.63, 3.8) is 0 Å². The zero-order valence-electron chi connectivity index (χ0n) is 12.8. The molecule has 0 bridgehead atoms. The molecule has 2 aliphatic rings. The Bertz CT molecular complexity index is 509. The van der Waals surface area contributed by atoms with Crippen LogP contribution >= 0.6 is 0 Å². The Hall–Kier alpha value is -1.55. The number of nitrogens with one attached hydrogen (secondary N) is 2. The van der Waals surface area contributed by atoms with Gasteiger partial charge in [0, 0.05) is 30.7 Å². The first-order valence-corrected chi connectivity index (χ1v) is 7.97. The van der Waals surface area contributed by atoms with Crippen molar-refractivity contribution < 1.29 is 4.79 Å². The van der Waals surface area contributed by atoms with Crippen molar-refractivity contribution in [2.45, 2.75) is 26.2 Å². The lowest BCUT2D eigenvalue weighted by Gasteiger charge is -2.33. The van der Waals surface area contributed by atoms with E-state index in [0.29, 0.717) is 12.0 Å². The molecule has 2 N–H and O–H groups in total. The maximum absolute atomic E-state index is 12.4. The van der Waals surface area contributed by atoms with Crippen molar-refractivity contribution in [1.82, 2.24) is 10.2 Å². The molecule has 1 spiro atoms. The van der Waals surface area contributed by atoms with Crippen LogP contribution < -0.4 is 10.6 Å². The molecule has 0 radical (unpaired) electrons. The van der Waals surface area contributed by atoms with Gasteiger partial charge in [0.25, 0.3) is 0 Å². The van der Waals surface area contributed by atoms with Crippen LogP contribution in [0.1, 0.15) is 24.8 Å². The van der Waals surface area contributed by atoms with E-state index in [1.807, 2.05) is 23.1 Å². The van der Waals surface area contributed by atoms with Gasteiger partial charge in [-0.05, 0) is 44.4 Å². The average Bonchev–Trinajstić information content (AvgIpc) is 2.90. The molecule has 0 saturated carbocycles. The molecule has 1 atom stereocenters. The van der Waals surface area contributed by atoms with Gasteiger partial charge in [0.05, 0.1) is 6.54 Å². The number of likely N-dealkylation sites (tertiary alicyclic amines) is 1. The number of aryl methyl sites for hydroxylation is 1. The predicted octanol–water partition coefficient (Wildman–Crippen LogP) is 2.01. The van der Waals surface area contributed by atoms with Gasteiger partial charge < -0.3 is 15.5 Å². The number of hydrogen-bond donors (Lipinski definition) is 2. The number of rotatable bonds is 3. The fourth-order valence-corrected chi connectivity index (χ4v) is 3.58. The summed E-state index contributed by atoms with van der Waals surface area (Å²) in [5.41, 5.74) is 2.58. The SMILES string of the molecule is Cc1ccccc1NCC(=O)N1CC[C@]2(CCCNC2)C1. The molecule has 2 saturated heterocycles. The molecule has 114 valence electrons. The van der Waals surface area contributed by atoms with E-state index >= 15 is 0 Å². The molecule has 4 heteroatoms. The molecule has 0 unspecified atom stereocenters. The second-order valence-corrected chi connectivity index (χ2v) is 6.51. The molecule has 2 fully saturated rings. The molecule has 1 aromatic rings. The topological polar surface area (TPSA) is 44.4 Å². The van der Waals surface area contributed by atoms with Crippen molar-refractivity contribution >= 4 is 11.6 Å². The highest BCUT2D eigenvalue weighted by molar-refractivity contribution is 5.81. The molecular weight excluding hydrogens is 262 g/mol. The Balaban J connectivity index is 1.53. The molecule has 2 aliphatic heterocycles. The first kappa shape index (κ1) is 14.4. The lowest BCUT2D eigenvalue weighted by molar-refractivity contribution is -0.128. The third-order valence-corrected chi connectivity index (χ3v) is 4.93. The van der Waals surface area contributed by atoms with Crippen LogP contribution in [0.3, 0.4) is 0 Å². The van der Waals surface area contributed by atoms with Crippen LogP contribution in [0, 0.1) is 12.3 Å². The first-order valence-electron chi connectivity index (χ1n) is 7.97. The molecule has 4 nitrogen and oxygen atoms in total. The lowest BCUT2D eigenvalue weighted by atomic mass is 9.80. The van der Waals surface area contributed by atoms with E-state index in [0.717, 1.165) is 38.3 Å². The molecule has 1 aromatic carbocycles. The van der Waals surface area contributed by atoms with Gasteiger partial charge in [-0.2, -0.15) is 0 Å². The zero-order valence-corrected chi connectivity index (χ0v) is 12.8. The minimum absolute atomic E-state index is 0.223. The maximum atomic E-state index is 12.4. The number of benzene rings is 1. The molecule has 3 rings (SSSR count). The summed E-state index contributed by atoms with van der Waals surface area (Å²) in [6.45, 7) is 6.50. The van der Waals surface area contributed by atoms with E-state index in [4.69, 9.17) is 0 Å². The summed E-state index contributed by atoms with van der Waals surface area (Å²) in [5.74, 6) is 0.223. The van der Waals surface area contributed by atoms with Gasteiger partial charge in [0.2, 0.25) is 5.91 Å². The lowest BCUT2D eigenvalue weighted by Crippen LogP contribution is -2.43. The average molecular weight is 287 g/mol. The van der Waals surface area contributed by atoms with E-state index < -0.39 is 0 Å². The number of nitrogens with zero attached hydrogens (tertiary/aromatic N) is 1. The van der Waals surface area contributed by atoms with Gasteiger partial charge in [0.1, 0.15) is 0 Å². The van der Waals surface area contributed by atoms with Gasteiger partial charge in [-0.15, -0.1) is 0 Å². The second kappa shape index (κ2) is 6.06. The summed E-state index contributed by atoms with van der Waals surface area (Å²) in [6, 6.07) is 8.10. The van der Waals surface area contributed by atoms with Crippen LogP contribution in [0.15, 0.2) is 24.3 Å². The Morgan fingerprint density at radius 3 is 3.00 bits per heavy atom. The number of amides is 1. The third kappa shape index (κ3) is 3.21. The zero-order chi connectivity index (χ0) is 14.7. The Kier molecular flexibility index (Phi) is 4.15. The number of piperidine rings is 1. The Morgan fingerprint density at radius 2 is 2.24 bits per heavy atom. The van der Waals surface area contributed by atoms with Crippen LogP contribution in [0.4, 0.5) is 5.69 Å². The van der Waals surface area contributed by atoms with Crippen molar-refractivity contribution in [2.75, 3.05) is 38.0 Å². The van der Waals surface area contributed by atoms with Gasteiger partial charge >= 0.3 is 0 Å². The highest BCUT2D eigenvalue weighted by Gasteiger charge is 2.40. The van der Waals surface area contributed by atoms with Crippen LogP contribution in [0.25, 0.3) is 0 Å². The van der Waals surface area contributed by atoms with Crippen molar-refractivity contribution in [3.8, 4) is 0 Å². The van der Waals surface area contributed by atoms with Crippen molar-refractivity contribution in [1.29, 1.82) is 0 Å². The van der Waals surface area contributed by atoms with Crippen LogP contribution in [-0.4, -0.2) is 43.5 Å². The largest absolute Gasteiger partial charge is 0.376 e. The van der Waals surface area contributed by atoms with E-state index in [-0.39, 0.29) is 5.91 Å².